The fourth-order valence-corrected chi connectivity index (χ4v) is 2.31. The van der Waals surface area contributed by atoms with Gasteiger partial charge in [-0.25, -0.2) is 0 Å². The molecule has 0 fully saturated rings. The predicted octanol–water partition coefficient (Wildman–Crippen LogP) is 3.12. The van der Waals surface area contributed by atoms with Crippen molar-refractivity contribution in [3.63, 3.8) is 0 Å². The predicted molar refractivity (Wildman–Crippen MR) is 83.4 cm³/mol. The summed E-state index contributed by atoms with van der Waals surface area (Å²) in [4.78, 5) is 20.4. The van der Waals surface area contributed by atoms with E-state index in [-0.39, 0.29) is 11.6 Å². The van der Waals surface area contributed by atoms with Crippen LogP contribution in [0.25, 0.3) is 10.8 Å². The number of hydrogen-bond acceptors (Lipinski definition) is 4. The van der Waals surface area contributed by atoms with Gasteiger partial charge in [0, 0.05) is 33.9 Å². The van der Waals surface area contributed by atoms with E-state index >= 15 is 0 Å². The standard InChI is InChI=1S/C15H11ClN4O/c16-9-6-12-11(13(17)7-9)3-5-19-14(12)15(21)20-10-2-1-4-18-8-10/h1-8H,17H2,(H,20,21). The van der Waals surface area contributed by atoms with Crippen molar-refractivity contribution >= 4 is 39.7 Å². The van der Waals surface area contributed by atoms with Crippen LogP contribution < -0.4 is 11.1 Å². The van der Waals surface area contributed by atoms with Gasteiger partial charge in [-0.3, -0.25) is 14.8 Å². The van der Waals surface area contributed by atoms with Crippen molar-refractivity contribution in [3.8, 4) is 0 Å². The molecule has 3 N–H and O–H groups in total. The number of hydrogen-bond donors (Lipinski definition) is 2. The van der Waals surface area contributed by atoms with E-state index in [9.17, 15) is 4.79 Å². The monoisotopic (exact) mass is 298 g/mol. The Labute approximate surface area is 125 Å². The lowest BCUT2D eigenvalue weighted by molar-refractivity contribution is 0.102. The summed E-state index contributed by atoms with van der Waals surface area (Å²) in [5, 5.41) is 4.56. The first-order valence-electron chi connectivity index (χ1n) is 6.20. The number of fused-ring (bicyclic) bond motifs is 1. The normalized spacial score (nSPS) is 10.5. The highest BCUT2D eigenvalue weighted by molar-refractivity contribution is 6.32. The van der Waals surface area contributed by atoms with Gasteiger partial charge in [0.15, 0.2) is 0 Å². The zero-order chi connectivity index (χ0) is 14.8. The maximum atomic E-state index is 12.4. The lowest BCUT2D eigenvalue weighted by Gasteiger charge is -2.09. The average Bonchev–Trinajstić information content (AvgIpc) is 2.47. The number of pyridine rings is 2. The molecule has 0 radical (unpaired) electrons. The molecule has 1 amide bonds. The third-order valence-corrected chi connectivity index (χ3v) is 3.23. The Morgan fingerprint density at radius 1 is 1.19 bits per heavy atom. The second-order valence-corrected chi connectivity index (χ2v) is 4.88. The number of carbonyl (C=O) groups is 1. The molecule has 1 aromatic carbocycles. The van der Waals surface area contributed by atoms with E-state index in [2.05, 4.69) is 15.3 Å². The van der Waals surface area contributed by atoms with Crippen LogP contribution in [0.4, 0.5) is 11.4 Å². The van der Waals surface area contributed by atoms with Gasteiger partial charge in [-0.05, 0) is 30.3 Å². The molecule has 0 atom stereocenters. The molecule has 0 aliphatic heterocycles. The second-order valence-electron chi connectivity index (χ2n) is 4.45. The topological polar surface area (TPSA) is 80.9 Å². The van der Waals surface area contributed by atoms with Crippen LogP contribution >= 0.6 is 11.6 Å². The first-order chi connectivity index (χ1) is 10.1. The van der Waals surface area contributed by atoms with Gasteiger partial charge in [0.05, 0.1) is 11.9 Å². The van der Waals surface area contributed by atoms with Crippen molar-refractivity contribution < 1.29 is 4.79 Å². The Kier molecular flexibility index (Phi) is 3.41. The summed E-state index contributed by atoms with van der Waals surface area (Å²) in [7, 11) is 0. The Balaban J connectivity index is 2.06. The highest BCUT2D eigenvalue weighted by atomic mass is 35.5. The molecule has 5 nitrogen and oxygen atoms in total. The number of benzene rings is 1. The lowest BCUT2D eigenvalue weighted by atomic mass is 10.1. The quantitative estimate of drug-likeness (QED) is 0.712. The number of nitrogens with one attached hydrogen (secondary N) is 1. The van der Waals surface area contributed by atoms with Gasteiger partial charge < -0.3 is 11.1 Å². The Bertz CT molecular complexity index is 821. The van der Waals surface area contributed by atoms with E-state index in [4.69, 9.17) is 17.3 Å². The summed E-state index contributed by atoms with van der Waals surface area (Å²) >= 11 is 6.01. The molecule has 0 saturated heterocycles. The van der Waals surface area contributed by atoms with Crippen molar-refractivity contribution in [2.24, 2.45) is 0 Å². The third kappa shape index (κ3) is 2.64. The molecule has 2 heterocycles. The molecule has 0 aliphatic rings. The minimum atomic E-state index is -0.338. The number of nitrogen functional groups attached to an aromatic ring is 1. The SMILES string of the molecule is Nc1cc(Cl)cc2c(C(=O)Nc3cccnc3)nccc12. The van der Waals surface area contributed by atoms with E-state index < -0.39 is 0 Å². The van der Waals surface area contributed by atoms with Crippen molar-refractivity contribution in [1.82, 2.24) is 9.97 Å². The molecule has 104 valence electrons. The summed E-state index contributed by atoms with van der Waals surface area (Å²) < 4.78 is 0. The van der Waals surface area contributed by atoms with E-state index in [0.29, 0.717) is 21.8 Å². The van der Waals surface area contributed by atoms with Gasteiger partial charge in [0.2, 0.25) is 0 Å². The summed E-state index contributed by atoms with van der Waals surface area (Å²) in [6, 6.07) is 8.56. The summed E-state index contributed by atoms with van der Waals surface area (Å²) in [6.07, 6.45) is 4.74. The van der Waals surface area contributed by atoms with Crippen LogP contribution in [-0.4, -0.2) is 15.9 Å². The number of halogens is 1. The first-order valence-corrected chi connectivity index (χ1v) is 6.58. The van der Waals surface area contributed by atoms with Crippen molar-refractivity contribution in [3.05, 3.63) is 59.6 Å². The minimum absolute atomic E-state index is 0.269. The van der Waals surface area contributed by atoms with Gasteiger partial charge in [-0.1, -0.05) is 11.6 Å². The summed E-state index contributed by atoms with van der Waals surface area (Å²) in [5.41, 5.74) is 7.30. The van der Waals surface area contributed by atoms with E-state index in [1.165, 1.54) is 0 Å². The van der Waals surface area contributed by atoms with Crippen molar-refractivity contribution in [2.45, 2.75) is 0 Å². The van der Waals surface area contributed by atoms with Gasteiger partial charge in [0.1, 0.15) is 5.69 Å². The Morgan fingerprint density at radius 3 is 2.81 bits per heavy atom. The molecule has 3 aromatic rings. The largest absolute Gasteiger partial charge is 0.398 e. The van der Waals surface area contributed by atoms with Crippen LogP contribution in [0.5, 0.6) is 0 Å². The fourth-order valence-electron chi connectivity index (χ4n) is 2.08. The molecule has 21 heavy (non-hydrogen) atoms. The lowest BCUT2D eigenvalue weighted by Crippen LogP contribution is -2.14. The number of aromatic nitrogens is 2. The number of nitrogens with two attached hydrogens (primary N) is 1. The van der Waals surface area contributed by atoms with Gasteiger partial charge in [0.25, 0.3) is 5.91 Å². The summed E-state index contributed by atoms with van der Waals surface area (Å²) in [5.74, 6) is -0.338. The summed E-state index contributed by atoms with van der Waals surface area (Å²) in [6.45, 7) is 0. The van der Waals surface area contributed by atoms with Gasteiger partial charge >= 0.3 is 0 Å². The van der Waals surface area contributed by atoms with Gasteiger partial charge in [-0.15, -0.1) is 0 Å². The van der Waals surface area contributed by atoms with Crippen LogP contribution in [0.1, 0.15) is 10.5 Å². The Morgan fingerprint density at radius 2 is 2.05 bits per heavy atom. The highest BCUT2D eigenvalue weighted by Crippen LogP contribution is 2.27. The van der Waals surface area contributed by atoms with Crippen LogP contribution in [-0.2, 0) is 0 Å². The number of amides is 1. The zero-order valence-corrected chi connectivity index (χ0v) is 11.6. The molecule has 3 rings (SSSR count). The molecule has 0 saturated carbocycles. The maximum absolute atomic E-state index is 12.4. The number of rotatable bonds is 2. The van der Waals surface area contributed by atoms with Crippen molar-refractivity contribution in [2.75, 3.05) is 11.1 Å². The van der Waals surface area contributed by atoms with Gasteiger partial charge in [-0.2, -0.15) is 0 Å². The second kappa shape index (κ2) is 5.38. The molecule has 0 unspecified atom stereocenters. The van der Waals surface area contributed by atoms with Crippen LogP contribution in [0.2, 0.25) is 5.02 Å². The smallest absolute Gasteiger partial charge is 0.274 e. The van der Waals surface area contributed by atoms with Crippen molar-refractivity contribution in [1.29, 1.82) is 0 Å². The Hall–Kier alpha value is -2.66. The number of anilines is 2. The average molecular weight is 299 g/mol. The third-order valence-electron chi connectivity index (χ3n) is 3.01. The highest BCUT2D eigenvalue weighted by Gasteiger charge is 2.14. The molecular formula is C15H11ClN4O. The fraction of sp³-hybridized carbons (Fsp3) is 0. The van der Waals surface area contributed by atoms with E-state index in [0.717, 1.165) is 5.39 Å². The molecule has 2 aromatic heterocycles. The molecule has 0 aliphatic carbocycles. The van der Waals surface area contributed by atoms with E-state index in [1.807, 2.05) is 0 Å². The maximum Gasteiger partial charge on any atom is 0.274 e. The van der Waals surface area contributed by atoms with Crippen LogP contribution in [0, 0.1) is 0 Å². The van der Waals surface area contributed by atoms with E-state index in [1.54, 1.807) is 48.9 Å². The molecule has 0 bridgehead atoms. The zero-order valence-electron chi connectivity index (χ0n) is 10.9. The van der Waals surface area contributed by atoms with Crippen LogP contribution in [0.15, 0.2) is 48.9 Å². The number of carbonyl (C=O) groups excluding carboxylic acids is 1. The number of nitrogens with zero attached hydrogens (tertiary/aromatic N) is 2. The molecule has 6 heteroatoms. The minimum Gasteiger partial charge on any atom is -0.398 e. The molecule has 0 spiro atoms. The first kappa shape index (κ1) is 13.3. The van der Waals surface area contributed by atoms with Crippen LogP contribution in [0.3, 0.4) is 0 Å². The molecular weight excluding hydrogens is 288 g/mol.